The zero-order valence-electron chi connectivity index (χ0n) is 20.1. The van der Waals surface area contributed by atoms with Crippen molar-refractivity contribution in [1.29, 1.82) is 0 Å². The minimum atomic E-state index is -3.24. The van der Waals surface area contributed by atoms with E-state index >= 15 is 0 Å². The van der Waals surface area contributed by atoms with Crippen LogP contribution in [0, 0.1) is 6.92 Å². The van der Waals surface area contributed by atoms with Crippen LogP contribution in [0.1, 0.15) is 48.6 Å². The van der Waals surface area contributed by atoms with E-state index in [1.807, 2.05) is 23.9 Å². The van der Waals surface area contributed by atoms with E-state index in [0.717, 1.165) is 43.7 Å². The van der Waals surface area contributed by atoms with Crippen molar-refractivity contribution in [2.45, 2.75) is 63.1 Å². The van der Waals surface area contributed by atoms with E-state index in [2.05, 4.69) is 34.7 Å². The highest BCUT2D eigenvalue weighted by Gasteiger charge is 2.36. The van der Waals surface area contributed by atoms with E-state index in [1.165, 1.54) is 23.2 Å². The van der Waals surface area contributed by atoms with Crippen molar-refractivity contribution in [3.8, 4) is 0 Å². The lowest BCUT2D eigenvalue weighted by Gasteiger charge is -2.46. The van der Waals surface area contributed by atoms with Crippen LogP contribution in [-0.2, 0) is 28.2 Å². The molecule has 2 aliphatic rings. The van der Waals surface area contributed by atoms with Crippen LogP contribution in [-0.4, -0.2) is 67.2 Å². The third-order valence-electron chi connectivity index (χ3n) is 7.08. The van der Waals surface area contributed by atoms with Crippen molar-refractivity contribution in [3.05, 3.63) is 52.3 Å². The number of ether oxygens (including phenoxy) is 1. The van der Waals surface area contributed by atoms with Gasteiger partial charge in [-0.3, -0.25) is 9.58 Å². The molecule has 0 bridgehead atoms. The molecule has 1 N–H and O–H groups in total. The van der Waals surface area contributed by atoms with Gasteiger partial charge in [0, 0.05) is 48.9 Å². The monoisotopic (exact) mass is 530 g/mol. The molecule has 4 rings (SSSR count). The molecule has 190 valence electrons. The maximum absolute atomic E-state index is 11.6. The Labute approximate surface area is 214 Å². The lowest BCUT2D eigenvalue weighted by Crippen LogP contribution is -2.57. The summed E-state index contributed by atoms with van der Waals surface area (Å²) >= 11 is 6.07. The SMILES string of the molecule is Cc1cc(C2CCC(N3C[C@H](CNS(C)(=O)=O)OC[C@@H]3Cc3ccc(Cl)cc3)CC2)nn1C.Cl. The largest absolute Gasteiger partial charge is 0.374 e. The normalized spacial score (nSPS) is 26.2. The lowest BCUT2D eigenvalue weighted by molar-refractivity contribution is -0.0814. The van der Waals surface area contributed by atoms with Crippen molar-refractivity contribution in [3.63, 3.8) is 0 Å². The molecule has 1 saturated carbocycles. The number of rotatable bonds is 7. The van der Waals surface area contributed by atoms with E-state index in [9.17, 15) is 8.42 Å². The topological polar surface area (TPSA) is 76.5 Å². The second-order valence-corrected chi connectivity index (χ2v) is 11.9. The van der Waals surface area contributed by atoms with Gasteiger partial charge in [0.05, 0.1) is 24.7 Å². The quantitative estimate of drug-likeness (QED) is 0.590. The fourth-order valence-electron chi connectivity index (χ4n) is 5.15. The van der Waals surface area contributed by atoms with Gasteiger partial charge in [-0.1, -0.05) is 23.7 Å². The third kappa shape index (κ3) is 7.18. The average Bonchev–Trinajstić information content (AvgIpc) is 3.12. The molecule has 1 aromatic carbocycles. The summed E-state index contributed by atoms with van der Waals surface area (Å²) in [6.45, 7) is 3.74. The molecule has 0 amide bonds. The number of sulfonamides is 1. The first kappa shape index (κ1) is 27.4. The first-order chi connectivity index (χ1) is 15.7. The minimum absolute atomic E-state index is 0. The molecule has 2 heterocycles. The predicted molar refractivity (Wildman–Crippen MR) is 138 cm³/mol. The van der Waals surface area contributed by atoms with E-state index in [1.54, 1.807) is 0 Å². The maximum atomic E-state index is 11.6. The number of nitrogens with zero attached hydrogens (tertiary/aromatic N) is 3. The summed E-state index contributed by atoms with van der Waals surface area (Å²) in [6.07, 6.45) is 6.42. The van der Waals surface area contributed by atoms with Gasteiger partial charge in [0.2, 0.25) is 10.0 Å². The van der Waals surface area contributed by atoms with Crippen LogP contribution in [0.3, 0.4) is 0 Å². The molecule has 2 fully saturated rings. The Morgan fingerprint density at radius 1 is 1.18 bits per heavy atom. The van der Waals surface area contributed by atoms with Gasteiger partial charge < -0.3 is 4.74 Å². The Bertz CT molecular complexity index is 1020. The molecule has 34 heavy (non-hydrogen) atoms. The fourth-order valence-corrected chi connectivity index (χ4v) is 5.77. The summed E-state index contributed by atoms with van der Waals surface area (Å²) < 4.78 is 33.9. The van der Waals surface area contributed by atoms with Crippen LogP contribution in [0.4, 0.5) is 0 Å². The van der Waals surface area contributed by atoms with Crippen LogP contribution in [0.2, 0.25) is 5.02 Å². The standard InChI is InChI=1S/C24H35ClN4O3S.ClH/c1-17-12-24(27-28(17)2)19-6-10-21(11-7-19)29-15-23(14-26-33(3,30)31)32-16-22(29)13-18-4-8-20(25)9-5-18;/h4-5,8-9,12,19,21-23,26H,6-7,10-11,13-16H2,1-3H3;1H/t19?,21?,22-,23-;/m0./s1. The fraction of sp³-hybridized carbons (Fsp3) is 0.625. The van der Waals surface area contributed by atoms with Gasteiger partial charge in [0.1, 0.15) is 0 Å². The number of nitrogens with one attached hydrogen (secondary N) is 1. The maximum Gasteiger partial charge on any atom is 0.208 e. The van der Waals surface area contributed by atoms with Crippen molar-refractivity contribution in [2.75, 3.05) is 26.0 Å². The summed E-state index contributed by atoms with van der Waals surface area (Å²) in [7, 11) is -1.24. The molecule has 1 saturated heterocycles. The average molecular weight is 532 g/mol. The Balaban J connectivity index is 0.00000324. The van der Waals surface area contributed by atoms with Crippen LogP contribution in [0.15, 0.2) is 30.3 Å². The van der Waals surface area contributed by atoms with Gasteiger partial charge in [-0.2, -0.15) is 5.10 Å². The van der Waals surface area contributed by atoms with Crippen molar-refractivity contribution >= 4 is 34.0 Å². The molecule has 2 atom stereocenters. The highest BCUT2D eigenvalue weighted by molar-refractivity contribution is 7.88. The second-order valence-electron chi connectivity index (χ2n) is 9.60. The van der Waals surface area contributed by atoms with Crippen molar-refractivity contribution in [2.24, 2.45) is 7.05 Å². The van der Waals surface area contributed by atoms with Gasteiger partial charge >= 0.3 is 0 Å². The van der Waals surface area contributed by atoms with Gasteiger partial charge in [-0.05, 0) is 62.8 Å². The number of benzene rings is 1. The highest BCUT2D eigenvalue weighted by Crippen LogP contribution is 2.36. The van der Waals surface area contributed by atoms with Crippen LogP contribution in [0.25, 0.3) is 0 Å². The van der Waals surface area contributed by atoms with Gasteiger partial charge in [-0.15, -0.1) is 12.4 Å². The molecular weight excluding hydrogens is 495 g/mol. The molecule has 0 unspecified atom stereocenters. The molecular formula is C24H36Cl2N4O3S. The number of aryl methyl sites for hydroxylation is 2. The van der Waals surface area contributed by atoms with E-state index in [0.29, 0.717) is 25.1 Å². The molecule has 1 aromatic heterocycles. The van der Waals surface area contributed by atoms with Crippen LogP contribution >= 0.6 is 24.0 Å². The van der Waals surface area contributed by atoms with Gasteiger partial charge in [-0.25, -0.2) is 13.1 Å². The first-order valence-corrected chi connectivity index (χ1v) is 14.0. The second kappa shape index (κ2) is 11.7. The predicted octanol–water partition coefficient (Wildman–Crippen LogP) is 3.69. The number of halogens is 2. The lowest BCUT2D eigenvalue weighted by atomic mass is 9.82. The summed E-state index contributed by atoms with van der Waals surface area (Å²) in [5, 5.41) is 5.46. The molecule has 0 radical (unpaired) electrons. The Kier molecular flexibility index (Phi) is 9.45. The Hall–Kier alpha value is -1.16. The van der Waals surface area contributed by atoms with E-state index in [-0.39, 0.29) is 24.6 Å². The van der Waals surface area contributed by atoms with Crippen LogP contribution in [0.5, 0.6) is 0 Å². The zero-order valence-corrected chi connectivity index (χ0v) is 22.5. The van der Waals surface area contributed by atoms with Gasteiger partial charge in [0.15, 0.2) is 0 Å². The van der Waals surface area contributed by atoms with Crippen molar-refractivity contribution < 1.29 is 13.2 Å². The smallest absolute Gasteiger partial charge is 0.208 e. The number of hydrogen-bond donors (Lipinski definition) is 1. The number of aromatic nitrogens is 2. The molecule has 0 spiro atoms. The minimum Gasteiger partial charge on any atom is -0.374 e. The summed E-state index contributed by atoms with van der Waals surface area (Å²) in [4.78, 5) is 2.58. The molecule has 1 aliphatic carbocycles. The van der Waals surface area contributed by atoms with Crippen LogP contribution < -0.4 is 4.72 Å². The van der Waals surface area contributed by atoms with E-state index < -0.39 is 10.0 Å². The zero-order chi connectivity index (χ0) is 23.6. The summed E-state index contributed by atoms with van der Waals surface area (Å²) in [5.74, 6) is 0.514. The Morgan fingerprint density at radius 3 is 2.44 bits per heavy atom. The summed E-state index contributed by atoms with van der Waals surface area (Å²) in [6, 6.07) is 11.0. The molecule has 10 heteroatoms. The number of hydrogen-bond acceptors (Lipinski definition) is 5. The summed E-state index contributed by atoms with van der Waals surface area (Å²) in [5.41, 5.74) is 3.65. The first-order valence-electron chi connectivity index (χ1n) is 11.7. The molecule has 7 nitrogen and oxygen atoms in total. The van der Waals surface area contributed by atoms with E-state index in [4.69, 9.17) is 21.4 Å². The Morgan fingerprint density at radius 2 is 1.85 bits per heavy atom. The number of morpholine rings is 1. The van der Waals surface area contributed by atoms with Crippen molar-refractivity contribution in [1.82, 2.24) is 19.4 Å². The van der Waals surface area contributed by atoms with Gasteiger partial charge in [0.25, 0.3) is 0 Å². The molecule has 1 aliphatic heterocycles. The molecule has 2 aromatic rings. The highest BCUT2D eigenvalue weighted by atomic mass is 35.5. The third-order valence-corrected chi connectivity index (χ3v) is 8.03.